The van der Waals surface area contributed by atoms with Crippen molar-refractivity contribution in [1.82, 2.24) is 0 Å². The molecular formula is C22H25NO7. The van der Waals surface area contributed by atoms with E-state index in [1.54, 1.807) is 24.3 Å². The van der Waals surface area contributed by atoms with Crippen LogP contribution < -0.4 is 5.32 Å². The molecule has 0 unspecified atom stereocenters. The van der Waals surface area contributed by atoms with Crippen molar-refractivity contribution in [3.8, 4) is 0 Å². The molecule has 1 N–H and O–H groups in total. The van der Waals surface area contributed by atoms with Gasteiger partial charge >= 0.3 is 17.9 Å². The molecule has 0 spiro atoms. The van der Waals surface area contributed by atoms with E-state index in [0.717, 1.165) is 6.42 Å². The highest BCUT2D eigenvalue weighted by Gasteiger charge is 2.64. The Morgan fingerprint density at radius 1 is 1.13 bits per heavy atom. The van der Waals surface area contributed by atoms with Crippen LogP contribution in [0.4, 0.5) is 5.69 Å². The average Bonchev–Trinajstić information content (AvgIpc) is 3.33. The van der Waals surface area contributed by atoms with E-state index in [9.17, 15) is 19.2 Å². The molecule has 30 heavy (non-hydrogen) atoms. The Morgan fingerprint density at radius 2 is 1.87 bits per heavy atom. The number of carbonyl (C=O) groups excluding carboxylic acids is 4. The highest BCUT2D eigenvalue weighted by molar-refractivity contribution is 5.95. The fraction of sp³-hybridized carbons (Fsp3) is 0.545. The van der Waals surface area contributed by atoms with E-state index in [4.69, 9.17) is 14.2 Å². The van der Waals surface area contributed by atoms with Gasteiger partial charge in [0.1, 0.15) is 6.10 Å². The molecule has 1 aromatic carbocycles. The van der Waals surface area contributed by atoms with Crippen molar-refractivity contribution in [1.29, 1.82) is 0 Å². The van der Waals surface area contributed by atoms with Crippen molar-refractivity contribution in [3.05, 3.63) is 29.8 Å². The van der Waals surface area contributed by atoms with Crippen LogP contribution in [0, 0.1) is 29.6 Å². The third-order valence-corrected chi connectivity index (χ3v) is 6.05. The van der Waals surface area contributed by atoms with Crippen molar-refractivity contribution in [3.63, 3.8) is 0 Å². The van der Waals surface area contributed by atoms with E-state index in [2.05, 4.69) is 5.32 Å². The number of rotatable bonds is 7. The van der Waals surface area contributed by atoms with Gasteiger partial charge in [0.15, 0.2) is 6.61 Å². The lowest BCUT2D eigenvalue weighted by atomic mass is 9.80. The summed E-state index contributed by atoms with van der Waals surface area (Å²) in [5, 5.41) is 2.62. The monoisotopic (exact) mass is 415 g/mol. The lowest BCUT2D eigenvalue weighted by molar-refractivity contribution is -0.157. The largest absolute Gasteiger partial charge is 0.462 e. The molecule has 1 aliphatic heterocycles. The van der Waals surface area contributed by atoms with Crippen LogP contribution in [0.25, 0.3) is 0 Å². The predicted molar refractivity (Wildman–Crippen MR) is 104 cm³/mol. The molecule has 4 rings (SSSR count). The minimum atomic E-state index is -0.511. The number of benzene rings is 1. The average molecular weight is 415 g/mol. The quantitative estimate of drug-likeness (QED) is 0.537. The lowest BCUT2D eigenvalue weighted by Crippen LogP contribution is -2.34. The van der Waals surface area contributed by atoms with Crippen molar-refractivity contribution in [2.24, 2.45) is 29.6 Å². The summed E-state index contributed by atoms with van der Waals surface area (Å²) in [6, 6.07) is 6.27. The van der Waals surface area contributed by atoms with Gasteiger partial charge in [-0.1, -0.05) is 13.8 Å². The first-order valence-corrected chi connectivity index (χ1v) is 10.3. The first-order chi connectivity index (χ1) is 14.3. The van der Waals surface area contributed by atoms with Gasteiger partial charge in [0.05, 0.1) is 24.0 Å². The van der Waals surface area contributed by atoms with Gasteiger partial charge in [0, 0.05) is 11.6 Å². The van der Waals surface area contributed by atoms with Gasteiger partial charge in [-0.2, -0.15) is 0 Å². The third-order valence-electron chi connectivity index (χ3n) is 6.05. The van der Waals surface area contributed by atoms with E-state index in [0.29, 0.717) is 24.3 Å². The molecule has 160 valence electrons. The Kier molecular flexibility index (Phi) is 5.49. The highest BCUT2D eigenvalue weighted by atomic mass is 16.6. The molecule has 0 radical (unpaired) electrons. The van der Waals surface area contributed by atoms with Crippen LogP contribution >= 0.6 is 0 Å². The van der Waals surface area contributed by atoms with Gasteiger partial charge < -0.3 is 19.5 Å². The second kappa shape index (κ2) is 8.08. The van der Waals surface area contributed by atoms with Gasteiger partial charge in [-0.15, -0.1) is 0 Å². The number of esters is 3. The first kappa shape index (κ1) is 20.4. The normalized spacial score (nSPS) is 28.4. The molecule has 3 aliphatic rings. The summed E-state index contributed by atoms with van der Waals surface area (Å²) in [6.07, 6.45) is 1.45. The molecule has 3 fully saturated rings. The molecule has 1 heterocycles. The SMILES string of the molecule is CC(C)COC(=O)c1ccc(NC(=O)COC(=O)[C@@H]2[C@@H]3C[C@@H]4[C@H]2C(=O)O[C@H]4C3)cc1. The number of ether oxygens (including phenoxy) is 3. The maximum absolute atomic E-state index is 12.5. The Labute approximate surface area is 174 Å². The fourth-order valence-corrected chi connectivity index (χ4v) is 4.77. The molecule has 2 saturated carbocycles. The second-order valence-corrected chi connectivity index (χ2v) is 8.65. The van der Waals surface area contributed by atoms with Gasteiger partial charge in [0.2, 0.25) is 0 Å². The van der Waals surface area contributed by atoms with Crippen molar-refractivity contribution >= 4 is 29.5 Å². The van der Waals surface area contributed by atoms with E-state index >= 15 is 0 Å². The fourth-order valence-electron chi connectivity index (χ4n) is 4.77. The summed E-state index contributed by atoms with van der Waals surface area (Å²) in [7, 11) is 0. The first-order valence-electron chi connectivity index (χ1n) is 10.3. The number of anilines is 1. The van der Waals surface area contributed by atoms with Gasteiger partial charge in [-0.25, -0.2) is 4.79 Å². The summed E-state index contributed by atoms with van der Waals surface area (Å²) in [4.78, 5) is 48.5. The zero-order valence-corrected chi connectivity index (χ0v) is 17.0. The van der Waals surface area contributed by atoms with Crippen molar-refractivity contribution < 1.29 is 33.4 Å². The molecule has 5 atom stereocenters. The van der Waals surface area contributed by atoms with Crippen LogP contribution in [0.3, 0.4) is 0 Å². The zero-order valence-electron chi connectivity index (χ0n) is 17.0. The smallest absolute Gasteiger partial charge is 0.338 e. The molecule has 8 heteroatoms. The molecule has 8 nitrogen and oxygen atoms in total. The Balaban J connectivity index is 1.26. The second-order valence-electron chi connectivity index (χ2n) is 8.65. The van der Waals surface area contributed by atoms with Crippen LogP contribution in [-0.2, 0) is 28.6 Å². The number of fused-ring (bicyclic) bond motifs is 1. The van der Waals surface area contributed by atoms with E-state index in [1.165, 1.54) is 0 Å². The molecule has 1 aromatic rings. The molecular weight excluding hydrogens is 390 g/mol. The van der Waals surface area contributed by atoms with E-state index in [-0.39, 0.29) is 29.8 Å². The van der Waals surface area contributed by atoms with Gasteiger partial charge in [-0.3, -0.25) is 14.4 Å². The zero-order chi connectivity index (χ0) is 21.4. The minimum absolute atomic E-state index is 0.0505. The number of hydrogen-bond acceptors (Lipinski definition) is 7. The Morgan fingerprint density at radius 3 is 2.57 bits per heavy atom. The van der Waals surface area contributed by atoms with Crippen molar-refractivity contribution in [2.45, 2.75) is 32.8 Å². The van der Waals surface area contributed by atoms with Crippen LogP contribution in [0.1, 0.15) is 37.0 Å². The maximum Gasteiger partial charge on any atom is 0.338 e. The predicted octanol–water partition coefficient (Wildman–Crippen LogP) is 2.18. The number of amides is 1. The van der Waals surface area contributed by atoms with E-state index in [1.807, 2.05) is 13.8 Å². The maximum atomic E-state index is 12.5. The van der Waals surface area contributed by atoms with Gasteiger partial charge in [-0.05, 0) is 48.9 Å². The molecule has 2 aliphatic carbocycles. The molecule has 1 saturated heterocycles. The topological polar surface area (TPSA) is 108 Å². The van der Waals surface area contributed by atoms with Gasteiger partial charge in [0.25, 0.3) is 5.91 Å². The minimum Gasteiger partial charge on any atom is -0.462 e. The van der Waals surface area contributed by atoms with E-state index < -0.39 is 36.3 Å². The third kappa shape index (κ3) is 3.91. The molecule has 0 aromatic heterocycles. The number of carbonyl (C=O) groups is 4. The number of nitrogens with one attached hydrogen (secondary N) is 1. The summed E-state index contributed by atoms with van der Waals surface area (Å²) in [5.74, 6) is -2.23. The summed E-state index contributed by atoms with van der Waals surface area (Å²) in [6.45, 7) is 3.80. The number of hydrogen-bond donors (Lipinski definition) is 1. The lowest BCUT2D eigenvalue weighted by Gasteiger charge is -2.22. The summed E-state index contributed by atoms with van der Waals surface area (Å²) < 4.78 is 15.7. The Hall–Kier alpha value is -2.90. The molecule has 2 bridgehead atoms. The standard InChI is InChI=1S/C22H25NO7/c1-11(2)9-28-20(25)12-3-5-14(6-4-12)23-17(24)10-29-21(26)18-13-7-15-16(8-13)30-22(27)19(15)18/h3-6,11,13,15-16,18-19H,7-10H2,1-2H3,(H,23,24)/t13-,15+,16+,18-,19-/m1/s1. The Bertz CT molecular complexity index is 861. The van der Waals surface area contributed by atoms with Crippen LogP contribution in [0.15, 0.2) is 24.3 Å². The van der Waals surface area contributed by atoms with Crippen LogP contribution in [0.5, 0.6) is 0 Å². The highest BCUT2D eigenvalue weighted by Crippen LogP contribution is 2.57. The molecule has 1 amide bonds. The summed E-state index contributed by atoms with van der Waals surface area (Å²) in [5.41, 5.74) is 0.858. The van der Waals surface area contributed by atoms with Crippen LogP contribution in [0.2, 0.25) is 0 Å². The van der Waals surface area contributed by atoms with Crippen molar-refractivity contribution in [2.75, 3.05) is 18.5 Å². The summed E-state index contributed by atoms with van der Waals surface area (Å²) >= 11 is 0. The van der Waals surface area contributed by atoms with Crippen LogP contribution in [-0.4, -0.2) is 43.1 Å².